The van der Waals surface area contributed by atoms with Crippen molar-refractivity contribution in [3.8, 4) is 0 Å². The number of hydrogen-bond donors (Lipinski definition) is 3. The van der Waals surface area contributed by atoms with E-state index in [0.717, 1.165) is 0 Å². The number of aliphatic carboxylic acids is 1. The van der Waals surface area contributed by atoms with Crippen LogP contribution in [0.15, 0.2) is 0 Å². The molecule has 1 amide bonds. The maximum Gasteiger partial charge on any atom is 0.406 e. The molecule has 0 bridgehead atoms. The van der Waals surface area contributed by atoms with E-state index in [1.165, 1.54) is 7.11 Å². The molecule has 0 fully saturated rings. The van der Waals surface area contributed by atoms with Crippen molar-refractivity contribution in [1.29, 1.82) is 0 Å². The van der Waals surface area contributed by atoms with Gasteiger partial charge in [0.05, 0.1) is 7.11 Å². The van der Waals surface area contributed by atoms with Crippen molar-refractivity contribution in [2.24, 2.45) is 0 Å². The monoisotopic (exact) mass is 190 g/mol. The number of carbonyl (C=O) groups is 2. The summed E-state index contributed by atoms with van der Waals surface area (Å²) in [5.41, 5.74) is 0. The minimum absolute atomic E-state index is 0.268. The fourth-order valence-electron chi connectivity index (χ4n) is 0.782. The van der Waals surface area contributed by atoms with Crippen molar-refractivity contribution in [3.05, 3.63) is 0 Å². The van der Waals surface area contributed by atoms with Gasteiger partial charge in [-0.25, -0.2) is 4.79 Å². The van der Waals surface area contributed by atoms with Gasteiger partial charge in [0.1, 0.15) is 6.04 Å². The normalized spacial score (nSPS) is 11.8. The lowest BCUT2D eigenvalue weighted by molar-refractivity contribution is -0.139. The summed E-state index contributed by atoms with van der Waals surface area (Å²) < 4.78 is 4.31. The van der Waals surface area contributed by atoms with Gasteiger partial charge in [0, 0.05) is 6.54 Å². The average Bonchev–Trinajstić information content (AvgIpc) is 2.11. The third-order valence-corrected chi connectivity index (χ3v) is 1.53. The van der Waals surface area contributed by atoms with Crippen molar-refractivity contribution in [2.75, 3.05) is 20.7 Å². The molecule has 1 atom stereocenters. The number of carboxylic acid groups (broad SMARTS) is 1. The molecule has 0 aliphatic rings. The van der Waals surface area contributed by atoms with E-state index in [1.807, 2.05) is 0 Å². The van der Waals surface area contributed by atoms with Gasteiger partial charge in [0.25, 0.3) is 0 Å². The van der Waals surface area contributed by atoms with Gasteiger partial charge in [-0.2, -0.15) is 0 Å². The van der Waals surface area contributed by atoms with Gasteiger partial charge in [-0.3, -0.25) is 4.79 Å². The van der Waals surface area contributed by atoms with E-state index in [1.54, 1.807) is 7.05 Å². The minimum Gasteiger partial charge on any atom is -0.480 e. The molecule has 0 radical (unpaired) electrons. The van der Waals surface area contributed by atoms with Gasteiger partial charge in [-0.1, -0.05) is 0 Å². The predicted molar refractivity (Wildman–Crippen MR) is 45.5 cm³/mol. The Bertz CT molecular complexity index is 183. The number of likely N-dealkylation sites (N-methyl/N-ethyl adjacent to an activating group) is 1. The van der Waals surface area contributed by atoms with Crippen LogP contribution < -0.4 is 10.6 Å². The minimum atomic E-state index is -0.936. The summed E-state index contributed by atoms with van der Waals surface area (Å²) in [5, 5.41) is 13.6. The Balaban J connectivity index is 3.61. The maximum atomic E-state index is 10.6. The van der Waals surface area contributed by atoms with Crippen LogP contribution >= 0.6 is 0 Å². The SMILES string of the molecule is CNC(CCNC(=O)OC)C(=O)O. The molecule has 6 heteroatoms. The molecule has 0 saturated heterocycles. The van der Waals surface area contributed by atoms with Crippen molar-refractivity contribution in [2.45, 2.75) is 12.5 Å². The molecule has 0 rings (SSSR count). The fourth-order valence-corrected chi connectivity index (χ4v) is 0.782. The van der Waals surface area contributed by atoms with Crippen molar-refractivity contribution >= 4 is 12.1 Å². The Kier molecular flexibility index (Phi) is 5.62. The fraction of sp³-hybridized carbons (Fsp3) is 0.714. The first-order valence-corrected chi connectivity index (χ1v) is 3.83. The molecule has 0 aliphatic carbocycles. The summed E-state index contributed by atoms with van der Waals surface area (Å²) in [6.45, 7) is 0.268. The summed E-state index contributed by atoms with van der Waals surface area (Å²) in [6, 6.07) is -0.642. The molecule has 13 heavy (non-hydrogen) atoms. The Morgan fingerprint density at radius 3 is 2.54 bits per heavy atom. The van der Waals surface area contributed by atoms with Gasteiger partial charge in [0.2, 0.25) is 0 Å². The molecule has 0 spiro atoms. The number of carboxylic acids is 1. The average molecular weight is 190 g/mol. The van der Waals surface area contributed by atoms with Crippen LogP contribution in [0.1, 0.15) is 6.42 Å². The highest BCUT2D eigenvalue weighted by atomic mass is 16.5. The van der Waals surface area contributed by atoms with Gasteiger partial charge < -0.3 is 20.5 Å². The first-order chi connectivity index (χ1) is 6.11. The molecule has 0 saturated carbocycles. The highest BCUT2D eigenvalue weighted by molar-refractivity contribution is 5.73. The molecule has 3 N–H and O–H groups in total. The second kappa shape index (κ2) is 6.24. The summed E-state index contributed by atoms with van der Waals surface area (Å²) >= 11 is 0. The zero-order valence-corrected chi connectivity index (χ0v) is 7.66. The van der Waals surface area contributed by atoms with Crippen molar-refractivity contribution in [1.82, 2.24) is 10.6 Å². The molecule has 6 nitrogen and oxygen atoms in total. The zero-order chi connectivity index (χ0) is 10.3. The number of nitrogens with one attached hydrogen (secondary N) is 2. The lowest BCUT2D eigenvalue weighted by Gasteiger charge is -2.10. The summed E-state index contributed by atoms with van der Waals surface area (Å²) in [6.07, 6.45) is -0.235. The Morgan fingerprint density at radius 1 is 1.54 bits per heavy atom. The molecular formula is C7H14N2O4. The number of alkyl carbamates (subject to hydrolysis) is 1. The molecular weight excluding hydrogens is 176 g/mol. The maximum absolute atomic E-state index is 10.6. The largest absolute Gasteiger partial charge is 0.480 e. The number of hydrogen-bond acceptors (Lipinski definition) is 4. The Labute approximate surface area is 76.3 Å². The van der Waals surface area contributed by atoms with Gasteiger partial charge >= 0.3 is 12.1 Å². The number of rotatable bonds is 5. The zero-order valence-electron chi connectivity index (χ0n) is 7.66. The summed E-state index contributed by atoms with van der Waals surface area (Å²) in [5.74, 6) is -0.936. The van der Waals surface area contributed by atoms with E-state index in [-0.39, 0.29) is 6.54 Å². The van der Waals surface area contributed by atoms with E-state index < -0.39 is 18.1 Å². The summed E-state index contributed by atoms with van der Waals surface area (Å²) in [4.78, 5) is 21.0. The second-order valence-corrected chi connectivity index (χ2v) is 2.39. The van der Waals surface area contributed by atoms with Crippen LogP contribution in [-0.2, 0) is 9.53 Å². The van der Waals surface area contributed by atoms with E-state index in [4.69, 9.17) is 5.11 Å². The predicted octanol–water partition coefficient (Wildman–Crippen LogP) is -0.595. The van der Waals surface area contributed by atoms with E-state index >= 15 is 0 Å². The van der Waals surface area contributed by atoms with Crippen LogP contribution in [-0.4, -0.2) is 43.9 Å². The van der Waals surface area contributed by atoms with Crippen LogP contribution in [0.3, 0.4) is 0 Å². The van der Waals surface area contributed by atoms with Crippen LogP contribution in [0.25, 0.3) is 0 Å². The summed E-state index contributed by atoms with van der Waals surface area (Å²) in [7, 11) is 2.80. The third kappa shape index (κ3) is 5.02. The van der Waals surface area contributed by atoms with E-state index in [2.05, 4.69) is 15.4 Å². The second-order valence-electron chi connectivity index (χ2n) is 2.39. The van der Waals surface area contributed by atoms with Crippen molar-refractivity contribution < 1.29 is 19.4 Å². The number of amides is 1. The van der Waals surface area contributed by atoms with Gasteiger partial charge in [-0.15, -0.1) is 0 Å². The van der Waals surface area contributed by atoms with Crippen LogP contribution in [0.5, 0.6) is 0 Å². The molecule has 0 aromatic carbocycles. The number of methoxy groups -OCH3 is 1. The highest BCUT2D eigenvalue weighted by Crippen LogP contribution is 1.89. The standard InChI is InChI=1S/C7H14N2O4/c1-8-5(6(10)11)3-4-9-7(12)13-2/h5,8H,3-4H2,1-2H3,(H,9,12)(H,10,11). The Hall–Kier alpha value is -1.30. The van der Waals surface area contributed by atoms with Crippen LogP contribution in [0.2, 0.25) is 0 Å². The molecule has 76 valence electrons. The van der Waals surface area contributed by atoms with E-state index in [9.17, 15) is 9.59 Å². The number of ether oxygens (including phenoxy) is 1. The highest BCUT2D eigenvalue weighted by Gasteiger charge is 2.14. The molecule has 0 heterocycles. The molecule has 0 aromatic heterocycles. The van der Waals surface area contributed by atoms with Crippen LogP contribution in [0, 0.1) is 0 Å². The first kappa shape index (κ1) is 11.7. The van der Waals surface area contributed by atoms with Crippen LogP contribution in [0.4, 0.5) is 4.79 Å². The Morgan fingerprint density at radius 2 is 2.15 bits per heavy atom. The molecule has 0 aromatic rings. The molecule has 0 aliphatic heterocycles. The number of carbonyl (C=O) groups excluding carboxylic acids is 1. The molecule has 1 unspecified atom stereocenters. The quantitative estimate of drug-likeness (QED) is 0.539. The third-order valence-electron chi connectivity index (χ3n) is 1.53. The van der Waals surface area contributed by atoms with Gasteiger partial charge in [-0.05, 0) is 13.5 Å². The smallest absolute Gasteiger partial charge is 0.406 e. The lowest BCUT2D eigenvalue weighted by Crippen LogP contribution is -2.37. The lowest BCUT2D eigenvalue weighted by atomic mass is 10.2. The van der Waals surface area contributed by atoms with Crippen molar-refractivity contribution in [3.63, 3.8) is 0 Å². The first-order valence-electron chi connectivity index (χ1n) is 3.83. The van der Waals surface area contributed by atoms with E-state index in [0.29, 0.717) is 6.42 Å². The topological polar surface area (TPSA) is 87.7 Å². The van der Waals surface area contributed by atoms with Gasteiger partial charge in [0.15, 0.2) is 0 Å².